The van der Waals surface area contributed by atoms with Crippen molar-refractivity contribution in [1.29, 1.82) is 0 Å². The molecule has 7 heteroatoms. The standard InChI is InChI=1S/C14H22N2O4S/c1-3-4-5-8-21(18,19)10-14(17)16-13-9-11(20-2)6-7-12(13)15/h6-7,9H,3-5,8,10,15H2,1-2H3,(H,16,17). The minimum Gasteiger partial charge on any atom is -0.497 e. The van der Waals surface area contributed by atoms with Crippen LogP contribution in [0, 0.1) is 0 Å². The second-order valence-electron chi connectivity index (χ2n) is 4.80. The molecular formula is C14H22N2O4S. The summed E-state index contributed by atoms with van der Waals surface area (Å²) in [5.41, 5.74) is 6.44. The Bertz CT molecular complexity index is 585. The molecule has 1 aromatic rings. The SMILES string of the molecule is CCCCCS(=O)(=O)CC(=O)Nc1cc(OC)ccc1N. The quantitative estimate of drug-likeness (QED) is 0.563. The van der Waals surface area contributed by atoms with Crippen LogP contribution in [-0.2, 0) is 14.6 Å². The maximum Gasteiger partial charge on any atom is 0.239 e. The highest BCUT2D eigenvalue weighted by atomic mass is 32.2. The van der Waals surface area contributed by atoms with Gasteiger partial charge in [-0.25, -0.2) is 8.42 Å². The van der Waals surface area contributed by atoms with Gasteiger partial charge in [0.05, 0.1) is 24.2 Å². The number of hydrogen-bond donors (Lipinski definition) is 2. The lowest BCUT2D eigenvalue weighted by Gasteiger charge is -2.10. The first-order chi connectivity index (χ1) is 9.88. The largest absolute Gasteiger partial charge is 0.497 e. The van der Waals surface area contributed by atoms with Gasteiger partial charge in [-0.2, -0.15) is 0 Å². The summed E-state index contributed by atoms with van der Waals surface area (Å²) in [4.78, 5) is 11.8. The number of methoxy groups -OCH3 is 1. The van der Waals surface area contributed by atoms with Crippen LogP contribution >= 0.6 is 0 Å². The van der Waals surface area contributed by atoms with Crippen LogP contribution in [0.25, 0.3) is 0 Å². The molecule has 1 amide bonds. The molecule has 21 heavy (non-hydrogen) atoms. The molecule has 0 aliphatic rings. The number of carbonyl (C=O) groups is 1. The number of sulfone groups is 1. The van der Waals surface area contributed by atoms with Gasteiger partial charge in [-0.15, -0.1) is 0 Å². The second-order valence-corrected chi connectivity index (χ2v) is 6.98. The molecule has 0 spiro atoms. The van der Waals surface area contributed by atoms with Crippen molar-refractivity contribution in [2.45, 2.75) is 26.2 Å². The van der Waals surface area contributed by atoms with Gasteiger partial charge < -0.3 is 15.8 Å². The zero-order chi connectivity index (χ0) is 15.9. The van der Waals surface area contributed by atoms with Gasteiger partial charge >= 0.3 is 0 Å². The molecule has 1 aromatic carbocycles. The number of nitrogens with two attached hydrogens (primary N) is 1. The van der Waals surface area contributed by atoms with Gasteiger partial charge in [-0.3, -0.25) is 4.79 Å². The molecule has 1 rings (SSSR count). The van der Waals surface area contributed by atoms with Gasteiger partial charge in [0.1, 0.15) is 11.5 Å². The van der Waals surface area contributed by atoms with Crippen molar-refractivity contribution in [3.63, 3.8) is 0 Å². The van der Waals surface area contributed by atoms with E-state index in [1.54, 1.807) is 18.2 Å². The van der Waals surface area contributed by atoms with Crippen LogP contribution in [0.3, 0.4) is 0 Å². The summed E-state index contributed by atoms with van der Waals surface area (Å²) in [7, 11) is -1.89. The molecule has 0 atom stereocenters. The molecule has 0 fully saturated rings. The smallest absolute Gasteiger partial charge is 0.239 e. The maximum absolute atomic E-state index is 11.8. The van der Waals surface area contributed by atoms with Crippen LogP contribution in [0.15, 0.2) is 18.2 Å². The van der Waals surface area contributed by atoms with Crippen LogP contribution in [0.4, 0.5) is 11.4 Å². The number of rotatable bonds is 8. The Balaban J connectivity index is 2.65. The highest BCUT2D eigenvalue weighted by molar-refractivity contribution is 7.92. The fraction of sp³-hybridized carbons (Fsp3) is 0.500. The summed E-state index contributed by atoms with van der Waals surface area (Å²) < 4.78 is 28.6. The maximum atomic E-state index is 11.8. The predicted octanol–water partition coefficient (Wildman–Crippen LogP) is 1.82. The second kappa shape index (κ2) is 7.87. The average molecular weight is 314 g/mol. The molecule has 0 heterocycles. The summed E-state index contributed by atoms with van der Waals surface area (Å²) in [5, 5.41) is 2.51. The van der Waals surface area contributed by atoms with Crippen molar-refractivity contribution in [3.05, 3.63) is 18.2 Å². The van der Waals surface area contributed by atoms with Gasteiger partial charge in [0.15, 0.2) is 9.84 Å². The monoisotopic (exact) mass is 314 g/mol. The van der Waals surface area contributed by atoms with E-state index >= 15 is 0 Å². The first-order valence-electron chi connectivity index (χ1n) is 6.81. The van der Waals surface area contributed by atoms with E-state index in [0.29, 0.717) is 23.5 Å². The number of nitrogen functional groups attached to an aromatic ring is 1. The number of benzene rings is 1. The summed E-state index contributed by atoms with van der Waals surface area (Å²) in [6, 6.07) is 4.80. The van der Waals surface area contributed by atoms with Crippen LogP contribution in [-0.4, -0.2) is 32.9 Å². The lowest BCUT2D eigenvalue weighted by molar-refractivity contribution is -0.113. The van der Waals surface area contributed by atoms with Crippen LogP contribution in [0.5, 0.6) is 5.75 Å². The molecular weight excluding hydrogens is 292 g/mol. The zero-order valence-corrected chi connectivity index (χ0v) is 13.2. The zero-order valence-electron chi connectivity index (χ0n) is 12.4. The van der Waals surface area contributed by atoms with Gasteiger partial charge in [0.25, 0.3) is 0 Å². The van der Waals surface area contributed by atoms with E-state index in [0.717, 1.165) is 12.8 Å². The number of unbranched alkanes of at least 4 members (excludes halogenated alkanes) is 2. The third kappa shape index (κ3) is 6.03. The first-order valence-corrected chi connectivity index (χ1v) is 8.64. The summed E-state index contributed by atoms with van der Waals surface area (Å²) in [6.45, 7) is 1.99. The number of hydrogen-bond acceptors (Lipinski definition) is 5. The minimum atomic E-state index is -3.39. The lowest BCUT2D eigenvalue weighted by Crippen LogP contribution is -2.25. The van der Waals surface area contributed by atoms with Gasteiger partial charge in [-0.05, 0) is 18.6 Å². The Labute approximate surface area is 125 Å². The number of carbonyl (C=O) groups excluding carboxylic acids is 1. The Kier molecular flexibility index (Phi) is 6.48. The molecule has 0 unspecified atom stereocenters. The highest BCUT2D eigenvalue weighted by Gasteiger charge is 2.17. The molecule has 0 aliphatic carbocycles. The van der Waals surface area contributed by atoms with E-state index in [1.807, 2.05) is 6.92 Å². The van der Waals surface area contributed by atoms with Crippen molar-refractivity contribution in [2.24, 2.45) is 0 Å². The van der Waals surface area contributed by atoms with Gasteiger partial charge in [0, 0.05) is 6.07 Å². The van der Waals surface area contributed by atoms with E-state index in [-0.39, 0.29) is 5.75 Å². The molecule has 0 saturated heterocycles. The van der Waals surface area contributed by atoms with Crippen molar-refractivity contribution in [2.75, 3.05) is 29.7 Å². The van der Waals surface area contributed by atoms with E-state index in [9.17, 15) is 13.2 Å². The number of anilines is 2. The summed E-state index contributed by atoms with van der Waals surface area (Å²) >= 11 is 0. The molecule has 6 nitrogen and oxygen atoms in total. The van der Waals surface area contributed by atoms with Crippen LogP contribution in [0.1, 0.15) is 26.2 Å². The summed E-state index contributed by atoms with van der Waals surface area (Å²) in [6.07, 6.45) is 2.35. The molecule has 118 valence electrons. The highest BCUT2D eigenvalue weighted by Crippen LogP contribution is 2.24. The van der Waals surface area contributed by atoms with E-state index < -0.39 is 21.5 Å². The Hall–Kier alpha value is -1.76. The number of amides is 1. The lowest BCUT2D eigenvalue weighted by atomic mass is 10.2. The van der Waals surface area contributed by atoms with E-state index in [2.05, 4.69) is 5.32 Å². The third-order valence-electron chi connectivity index (χ3n) is 2.94. The van der Waals surface area contributed by atoms with Crippen molar-refractivity contribution < 1.29 is 17.9 Å². The average Bonchev–Trinajstić information content (AvgIpc) is 2.40. The van der Waals surface area contributed by atoms with Crippen LogP contribution in [0.2, 0.25) is 0 Å². The minimum absolute atomic E-state index is 0.0296. The molecule has 0 bridgehead atoms. The predicted molar refractivity (Wildman–Crippen MR) is 84.2 cm³/mol. The van der Waals surface area contributed by atoms with E-state index in [4.69, 9.17) is 10.5 Å². The third-order valence-corrected chi connectivity index (χ3v) is 4.56. The normalized spacial score (nSPS) is 11.1. The Morgan fingerprint density at radius 1 is 1.33 bits per heavy atom. The van der Waals surface area contributed by atoms with Crippen molar-refractivity contribution >= 4 is 27.1 Å². The Morgan fingerprint density at radius 3 is 2.67 bits per heavy atom. The fourth-order valence-electron chi connectivity index (χ4n) is 1.80. The molecule has 0 radical (unpaired) electrons. The number of nitrogens with one attached hydrogen (secondary N) is 1. The Morgan fingerprint density at radius 2 is 2.05 bits per heavy atom. The molecule has 3 N–H and O–H groups in total. The molecule has 0 saturated carbocycles. The van der Waals surface area contributed by atoms with E-state index in [1.165, 1.54) is 7.11 Å². The molecule has 0 aliphatic heterocycles. The van der Waals surface area contributed by atoms with Crippen molar-refractivity contribution in [3.8, 4) is 5.75 Å². The van der Waals surface area contributed by atoms with Crippen molar-refractivity contribution in [1.82, 2.24) is 0 Å². The summed E-state index contributed by atoms with van der Waals surface area (Å²) in [5.74, 6) is -0.563. The topological polar surface area (TPSA) is 98.5 Å². The van der Waals surface area contributed by atoms with Gasteiger partial charge in [0.2, 0.25) is 5.91 Å². The van der Waals surface area contributed by atoms with Crippen LogP contribution < -0.4 is 15.8 Å². The molecule has 0 aromatic heterocycles. The number of ether oxygens (including phenoxy) is 1. The van der Waals surface area contributed by atoms with Gasteiger partial charge in [-0.1, -0.05) is 19.8 Å². The first kappa shape index (κ1) is 17.3. The fourth-order valence-corrected chi connectivity index (χ4v) is 3.06.